The molecule has 0 saturated heterocycles. The standard InChI is InChI=1S/C48H28N2O3/c1-2-11-30(12-3-1)49-39-26-25-35-33-13-4-6-17-38(33)50(47(35)46(39)37-27-44-45(28-40(37)49)52-43-20-9-8-19-42(43)51-44)31-23-21-29(22-24-31)32-15-10-16-36-34-14-5-7-18-41(34)53-48(32)36/h1-28H. The van der Waals surface area contributed by atoms with Gasteiger partial charge in [-0.05, 0) is 66.2 Å². The van der Waals surface area contributed by atoms with Gasteiger partial charge in [0.15, 0.2) is 23.0 Å². The summed E-state index contributed by atoms with van der Waals surface area (Å²) in [5, 5.41) is 6.89. The van der Waals surface area contributed by atoms with Gasteiger partial charge in [-0.3, -0.25) is 0 Å². The van der Waals surface area contributed by atoms with Crippen molar-refractivity contribution in [2.75, 3.05) is 0 Å². The van der Waals surface area contributed by atoms with Gasteiger partial charge in [0, 0.05) is 55.3 Å². The van der Waals surface area contributed by atoms with Crippen LogP contribution >= 0.6 is 0 Å². The molecule has 0 saturated carbocycles. The zero-order chi connectivity index (χ0) is 34.6. The molecular weight excluding hydrogens is 653 g/mol. The highest BCUT2D eigenvalue weighted by molar-refractivity contribution is 6.26. The quantitative estimate of drug-likeness (QED) is 0.186. The molecule has 1 aliphatic heterocycles. The van der Waals surface area contributed by atoms with E-state index in [2.05, 4.69) is 143 Å². The zero-order valence-corrected chi connectivity index (χ0v) is 28.3. The highest BCUT2D eigenvalue weighted by Gasteiger charge is 2.25. The van der Waals surface area contributed by atoms with E-state index >= 15 is 0 Å². The molecule has 1 aliphatic rings. The molecule has 0 unspecified atom stereocenters. The lowest BCUT2D eigenvalue weighted by Crippen LogP contribution is -1.99. The van der Waals surface area contributed by atoms with Gasteiger partial charge in [0.2, 0.25) is 0 Å². The molecule has 53 heavy (non-hydrogen) atoms. The Bertz CT molecular complexity index is 3280. The molecule has 248 valence electrons. The van der Waals surface area contributed by atoms with E-state index in [9.17, 15) is 0 Å². The fraction of sp³-hybridized carbons (Fsp3) is 0. The van der Waals surface area contributed by atoms with Gasteiger partial charge in [-0.25, -0.2) is 0 Å². The summed E-state index contributed by atoms with van der Waals surface area (Å²) in [6, 6.07) is 59.4. The summed E-state index contributed by atoms with van der Waals surface area (Å²) in [7, 11) is 0. The Morgan fingerprint density at radius 3 is 1.89 bits per heavy atom. The molecule has 0 bridgehead atoms. The van der Waals surface area contributed by atoms with Crippen LogP contribution in [-0.4, -0.2) is 9.13 Å². The Kier molecular flexibility index (Phi) is 5.71. The summed E-state index contributed by atoms with van der Waals surface area (Å²) < 4.78 is 24.1. The van der Waals surface area contributed by atoms with E-state index in [0.717, 1.165) is 77.3 Å². The highest BCUT2D eigenvalue weighted by Crippen LogP contribution is 2.50. The molecule has 0 atom stereocenters. The van der Waals surface area contributed by atoms with Gasteiger partial charge in [-0.2, -0.15) is 0 Å². The van der Waals surface area contributed by atoms with Crippen molar-refractivity contribution in [3.63, 3.8) is 0 Å². The molecule has 0 fully saturated rings. The van der Waals surface area contributed by atoms with Gasteiger partial charge >= 0.3 is 0 Å². The minimum Gasteiger partial charge on any atom is -0.455 e. The molecule has 0 N–H and O–H groups in total. The largest absolute Gasteiger partial charge is 0.455 e. The summed E-state index contributed by atoms with van der Waals surface area (Å²) in [6.45, 7) is 0. The normalized spacial score (nSPS) is 12.5. The number of aromatic nitrogens is 2. The fourth-order valence-electron chi connectivity index (χ4n) is 8.47. The monoisotopic (exact) mass is 680 g/mol. The summed E-state index contributed by atoms with van der Waals surface area (Å²) in [5.41, 5.74) is 10.6. The van der Waals surface area contributed by atoms with Crippen molar-refractivity contribution in [2.24, 2.45) is 0 Å². The number of hydrogen-bond acceptors (Lipinski definition) is 3. The Morgan fingerprint density at radius 1 is 0.377 bits per heavy atom. The van der Waals surface area contributed by atoms with Crippen LogP contribution in [0.2, 0.25) is 0 Å². The molecule has 0 spiro atoms. The Labute approximate surface area is 303 Å². The number of fused-ring (bicyclic) bond motifs is 12. The predicted octanol–water partition coefficient (Wildman–Crippen LogP) is 13.3. The highest BCUT2D eigenvalue weighted by atomic mass is 16.6. The first-order chi connectivity index (χ1) is 26.3. The van der Waals surface area contributed by atoms with E-state index in [-0.39, 0.29) is 0 Å². The molecule has 4 heterocycles. The topological polar surface area (TPSA) is 41.5 Å². The van der Waals surface area contributed by atoms with Crippen LogP contribution < -0.4 is 9.47 Å². The number of benzene rings is 8. The fourth-order valence-corrected chi connectivity index (χ4v) is 8.47. The third-order valence-electron chi connectivity index (χ3n) is 10.8. The lowest BCUT2D eigenvalue weighted by atomic mass is 10.0. The molecular formula is C48H28N2O3. The van der Waals surface area contributed by atoms with Crippen LogP contribution in [0.1, 0.15) is 0 Å². The number of rotatable bonds is 3. The Balaban J connectivity index is 1.13. The number of para-hydroxylation sites is 6. The number of hydrogen-bond donors (Lipinski definition) is 0. The van der Waals surface area contributed by atoms with Gasteiger partial charge in [-0.1, -0.05) is 103 Å². The Morgan fingerprint density at radius 2 is 1.06 bits per heavy atom. The molecule has 5 nitrogen and oxygen atoms in total. The minimum atomic E-state index is 0.697. The summed E-state index contributed by atoms with van der Waals surface area (Å²) >= 11 is 0. The van der Waals surface area contributed by atoms with Crippen molar-refractivity contribution >= 4 is 65.6 Å². The van der Waals surface area contributed by atoms with Gasteiger partial charge in [0.1, 0.15) is 11.2 Å². The van der Waals surface area contributed by atoms with Crippen LogP contribution in [-0.2, 0) is 0 Å². The van der Waals surface area contributed by atoms with Crippen LogP contribution in [0.4, 0.5) is 0 Å². The second-order valence-corrected chi connectivity index (χ2v) is 13.7. The van der Waals surface area contributed by atoms with Crippen molar-refractivity contribution in [3.8, 4) is 45.5 Å². The van der Waals surface area contributed by atoms with Gasteiger partial charge in [0.25, 0.3) is 0 Å². The van der Waals surface area contributed by atoms with E-state index in [1.807, 2.05) is 36.4 Å². The van der Waals surface area contributed by atoms with E-state index in [4.69, 9.17) is 13.9 Å². The average molecular weight is 681 g/mol. The maximum atomic E-state index is 6.49. The van der Waals surface area contributed by atoms with Crippen LogP contribution in [0.25, 0.3) is 88.1 Å². The lowest BCUT2D eigenvalue weighted by Gasteiger charge is -2.20. The van der Waals surface area contributed by atoms with Crippen molar-refractivity contribution in [2.45, 2.75) is 0 Å². The predicted molar refractivity (Wildman–Crippen MR) is 214 cm³/mol. The van der Waals surface area contributed by atoms with Crippen LogP contribution in [0.3, 0.4) is 0 Å². The molecule has 0 amide bonds. The summed E-state index contributed by atoms with van der Waals surface area (Å²) in [5.74, 6) is 2.82. The van der Waals surface area contributed by atoms with Gasteiger partial charge in [-0.15, -0.1) is 0 Å². The third kappa shape index (κ3) is 4.02. The van der Waals surface area contributed by atoms with Crippen LogP contribution in [0, 0.1) is 0 Å². The van der Waals surface area contributed by atoms with Crippen molar-refractivity contribution in [3.05, 3.63) is 170 Å². The van der Waals surface area contributed by atoms with E-state index < -0.39 is 0 Å². The number of furan rings is 1. The first kappa shape index (κ1) is 28.5. The maximum Gasteiger partial charge on any atom is 0.172 e. The molecule has 0 aliphatic carbocycles. The Hall–Kier alpha value is -7.24. The molecule has 12 rings (SSSR count). The molecule has 3 aromatic heterocycles. The van der Waals surface area contributed by atoms with Crippen molar-refractivity contribution < 1.29 is 13.9 Å². The van der Waals surface area contributed by atoms with Gasteiger partial charge < -0.3 is 23.0 Å². The minimum absolute atomic E-state index is 0.697. The van der Waals surface area contributed by atoms with Crippen molar-refractivity contribution in [1.82, 2.24) is 9.13 Å². The second kappa shape index (κ2) is 10.6. The molecule has 5 heteroatoms. The molecule has 8 aromatic carbocycles. The summed E-state index contributed by atoms with van der Waals surface area (Å²) in [6.07, 6.45) is 0. The van der Waals surface area contributed by atoms with Crippen molar-refractivity contribution in [1.29, 1.82) is 0 Å². The molecule has 11 aromatic rings. The maximum absolute atomic E-state index is 6.49. The summed E-state index contributed by atoms with van der Waals surface area (Å²) in [4.78, 5) is 0. The second-order valence-electron chi connectivity index (χ2n) is 13.7. The van der Waals surface area contributed by atoms with E-state index in [1.54, 1.807) is 0 Å². The molecule has 0 radical (unpaired) electrons. The van der Waals surface area contributed by atoms with E-state index in [1.165, 1.54) is 10.8 Å². The van der Waals surface area contributed by atoms with Crippen LogP contribution in [0.5, 0.6) is 23.0 Å². The van der Waals surface area contributed by atoms with E-state index in [0.29, 0.717) is 23.0 Å². The van der Waals surface area contributed by atoms with Gasteiger partial charge in [0.05, 0.1) is 22.1 Å². The lowest BCUT2D eigenvalue weighted by molar-refractivity contribution is 0.360. The third-order valence-corrected chi connectivity index (χ3v) is 10.8. The number of ether oxygens (including phenoxy) is 2. The SMILES string of the molecule is c1ccc(-n2c3cc4c(cc3c3c2ccc2c5ccccc5n(-c5ccc(-c6cccc7c6oc6ccccc67)cc5)c23)Oc2ccccc2O4)cc1. The first-order valence-corrected chi connectivity index (χ1v) is 17.8. The first-order valence-electron chi connectivity index (χ1n) is 17.8. The van der Waals surface area contributed by atoms with Crippen LogP contribution in [0.15, 0.2) is 174 Å². The smallest absolute Gasteiger partial charge is 0.172 e. The number of nitrogens with zero attached hydrogens (tertiary/aromatic N) is 2. The zero-order valence-electron chi connectivity index (χ0n) is 28.3. The average Bonchev–Trinajstić information content (AvgIpc) is 3.87.